The maximum atomic E-state index is 10.4. The molecule has 0 saturated heterocycles. The van der Waals surface area contributed by atoms with Crippen LogP contribution in [0.15, 0.2) is 12.5 Å². The molecule has 5 heteroatoms. The summed E-state index contributed by atoms with van der Waals surface area (Å²) in [6, 6.07) is 0. The Kier molecular flexibility index (Phi) is 2.69. The molecule has 0 radical (unpaired) electrons. The van der Waals surface area contributed by atoms with Crippen molar-refractivity contribution in [2.75, 3.05) is 6.54 Å². The Morgan fingerprint density at radius 2 is 1.93 bits per heavy atom. The van der Waals surface area contributed by atoms with E-state index in [0.29, 0.717) is 6.42 Å². The first-order valence-electron chi connectivity index (χ1n) is 4.46. The maximum absolute atomic E-state index is 10.4. The second-order valence-corrected chi connectivity index (χ2v) is 4.47. The van der Waals surface area contributed by atoms with Crippen molar-refractivity contribution < 1.29 is 14.4 Å². The largest absolute Gasteiger partial charge is 0.457 e. The smallest absolute Gasteiger partial charge is 0.247 e. The molecule has 0 aliphatic carbocycles. The van der Waals surface area contributed by atoms with Crippen LogP contribution in [0.3, 0.4) is 0 Å². The molecule has 0 saturated carbocycles. The van der Waals surface area contributed by atoms with Crippen molar-refractivity contribution in [2.45, 2.75) is 33.0 Å². The zero-order valence-corrected chi connectivity index (χ0v) is 8.65. The zero-order valence-electron chi connectivity index (χ0n) is 8.65. The van der Waals surface area contributed by atoms with E-state index in [0.717, 1.165) is 0 Å². The van der Waals surface area contributed by atoms with Crippen LogP contribution in [0.25, 0.3) is 0 Å². The van der Waals surface area contributed by atoms with Gasteiger partial charge >= 0.3 is 0 Å². The molecule has 0 aromatic heterocycles. The fraction of sp³-hybridized carbons (Fsp3) is 0.778. The highest BCUT2D eigenvalue weighted by atomic mass is 16.7. The molecule has 0 bridgehead atoms. The molecule has 0 N–H and O–H groups in total. The predicted molar refractivity (Wildman–Crippen MR) is 50.0 cm³/mol. The topological polar surface area (TPSA) is 61.6 Å². The summed E-state index contributed by atoms with van der Waals surface area (Å²) in [5.74, 6) is -0.750. The highest BCUT2D eigenvalue weighted by Gasteiger charge is 2.39. The predicted octanol–water partition coefficient (Wildman–Crippen LogP) is 1.91. The van der Waals surface area contributed by atoms with E-state index in [1.807, 2.05) is 13.8 Å². The Morgan fingerprint density at radius 1 is 1.43 bits per heavy atom. The van der Waals surface area contributed by atoms with E-state index in [4.69, 9.17) is 9.47 Å². The van der Waals surface area contributed by atoms with Crippen molar-refractivity contribution in [2.24, 2.45) is 5.41 Å². The van der Waals surface area contributed by atoms with E-state index >= 15 is 0 Å². The van der Waals surface area contributed by atoms with Gasteiger partial charge in [-0.1, -0.05) is 13.8 Å². The molecule has 14 heavy (non-hydrogen) atoms. The quantitative estimate of drug-likeness (QED) is 0.515. The summed E-state index contributed by atoms with van der Waals surface area (Å²) in [7, 11) is 0. The standard InChI is InChI=1S/C9H15NO4/c1-8(2,7-10(11)12)6-9(3)13-4-5-14-9/h4-5H,6-7H2,1-3H3. The number of hydrogen-bond donors (Lipinski definition) is 0. The average Bonchev–Trinajstić information content (AvgIpc) is 2.30. The lowest BCUT2D eigenvalue weighted by atomic mass is 9.85. The van der Waals surface area contributed by atoms with Gasteiger partial charge in [0.15, 0.2) is 0 Å². The van der Waals surface area contributed by atoms with Gasteiger partial charge in [0, 0.05) is 23.7 Å². The Hall–Kier alpha value is -1.26. The van der Waals surface area contributed by atoms with Crippen LogP contribution in [0.2, 0.25) is 0 Å². The third kappa shape index (κ3) is 2.90. The van der Waals surface area contributed by atoms with E-state index in [1.165, 1.54) is 12.5 Å². The molecule has 0 atom stereocenters. The van der Waals surface area contributed by atoms with Crippen LogP contribution in [-0.4, -0.2) is 17.3 Å². The van der Waals surface area contributed by atoms with E-state index in [1.54, 1.807) is 6.92 Å². The highest BCUT2D eigenvalue weighted by Crippen LogP contribution is 2.34. The Bertz CT molecular complexity index is 252. The van der Waals surface area contributed by atoms with Crippen LogP contribution in [0.5, 0.6) is 0 Å². The van der Waals surface area contributed by atoms with Gasteiger partial charge in [-0.3, -0.25) is 10.1 Å². The molecular formula is C9H15NO4. The second kappa shape index (κ2) is 3.48. The second-order valence-electron chi connectivity index (χ2n) is 4.47. The molecule has 0 fully saturated rings. The fourth-order valence-corrected chi connectivity index (χ4v) is 1.73. The molecular weight excluding hydrogens is 186 g/mol. The maximum Gasteiger partial charge on any atom is 0.247 e. The summed E-state index contributed by atoms with van der Waals surface area (Å²) < 4.78 is 10.5. The third-order valence-corrected chi connectivity index (χ3v) is 2.05. The molecule has 0 amide bonds. The molecule has 1 aliphatic heterocycles. The summed E-state index contributed by atoms with van der Waals surface area (Å²) in [5.41, 5.74) is -0.440. The highest BCUT2D eigenvalue weighted by molar-refractivity contribution is 4.85. The molecule has 5 nitrogen and oxygen atoms in total. The van der Waals surface area contributed by atoms with Crippen molar-refractivity contribution in [3.05, 3.63) is 22.6 Å². The van der Waals surface area contributed by atoms with Crippen molar-refractivity contribution in [3.63, 3.8) is 0 Å². The number of nitrogens with zero attached hydrogens (tertiary/aromatic N) is 1. The molecule has 1 rings (SSSR count). The summed E-state index contributed by atoms with van der Waals surface area (Å²) in [4.78, 5) is 10.1. The van der Waals surface area contributed by atoms with Crippen molar-refractivity contribution in [1.82, 2.24) is 0 Å². The van der Waals surface area contributed by atoms with E-state index in [9.17, 15) is 10.1 Å². The Morgan fingerprint density at radius 3 is 2.36 bits per heavy atom. The first-order valence-corrected chi connectivity index (χ1v) is 4.46. The van der Waals surface area contributed by atoms with E-state index in [-0.39, 0.29) is 11.5 Å². The molecule has 0 aromatic carbocycles. The van der Waals surface area contributed by atoms with Gasteiger partial charge < -0.3 is 9.47 Å². The van der Waals surface area contributed by atoms with E-state index < -0.39 is 11.2 Å². The zero-order chi connectivity index (χ0) is 10.8. The van der Waals surface area contributed by atoms with Crippen molar-refractivity contribution >= 4 is 0 Å². The van der Waals surface area contributed by atoms with Crippen molar-refractivity contribution in [1.29, 1.82) is 0 Å². The fourth-order valence-electron chi connectivity index (χ4n) is 1.73. The molecule has 1 heterocycles. The number of ether oxygens (including phenoxy) is 2. The van der Waals surface area contributed by atoms with Gasteiger partial charge in [0.2, 0.25) is 12.3 Å². The lowest BCUT2D eigenvalue weighted by molar-refractivity contribution is -0.497. The number of hydrogen-bond acceptors (Lipinski definition) is 4. The van der Waals surface area contributed by atoms with Crippen LogP contribution in [0.1, 0.15) is 27.2 Å². The minimum absolute atomic E-state index is 0.0880. The first-order chi connectivity index (χ1) is 6.33. The van der Waals surface area contributed by atoms with E-state index in [2.05, 4.69) is 0 Å². The molecule has 0 aromatic rings. The molecule has 1 aliphatic rings. The van der Waals surface area contributed by atoms with Crippen LogP contribution >= 0.6 is 0 Å². The third-order valence-electron chi connectivity index (χ3n) is 2.05. The summed E-state index contributed by atoms with van der Waals surface area (Å²) in [6.07, 6.45) is 3.40. The van der Waals surface area contributed by atoms with Gasteiger partial charge in [-0.05, 0) is 0 Å². The SMILES string of the molecule is CC(C)(C[N+](=O)[O-])CC1(C)OC=CO1. The van der Waals surface area contributed by atoms with Crippen LogP contribution in [-0.2, 0) is 9.47 Å². The Labute approximate surface area is 82.8 Å². The molecule has 0 spiro atoms. The van der Waals surface area contributed by atoms with Gasteiger partial charge in [0.1, 0.15) is 12.5 Å². The lowest BCUT2D eigenvalue weighted by Crippen LogP contribution is -2.36. The average molecular weight is 201 g/mol. The minimum Gasteiger partial charge on any atom is -0.457 e. The van der Waals surface area contributed by atoms with Gasteiger partial charge in [-0.2, -0.15) is 0 Å². The first kappa shape index (κ1) is 10.8. The van der Waals surface area contributed by atoms with Crippen molar-refractivity contribution in [3.8, 4) is 0 Å². The van der Waals surface area contributed by atoms with Crippen LogP contribution in [0.4, 0.5) is 0 Å². The summed E-state index contributed by atoms with van der Waals surface area (Å²) in [5, 5.41) is 10.4. The summed E-state index contributed by atoms with van der Waals surface area (Å²) >= 11 is 0. The van der Waals surface area contributed by atoms with Gasteiger partial charge in [0.05, 0.1) is 0 Å². The van der Waals surface area contributed by atoms with Gasteiger partial charge in [0.25, 0.3) is 0 Å². The van der Waals surface area contributed by atoms with Gasteiger partial charge in [-0.15, -0.1) is 0 Å². The summed E-state index contributed by atoms with van der Waals surface area (Å²) in [6.45, 7) is 5.34. The lowest BCUT2D eigenvalue weighted by Gasteiger charge is -2.30. The normalized spacial score (nSPS) is 18.8. The number of nitro groups is 1. The van der Waals surface area contributed by atoms with Crippen LogP contribution in [0, 0.1) is 15.5 Å². The van der Waals surface area contributed by atoms with Gasteiger partial charge in [-0.25, -0.2) is 0 Å². The molecule has 0 unspecified atom stereocenters. The Balaban J connectivity index is 2.53. The van der Waals surface area contributed by atoms with Crippen LogP contribution < -0.4 is 0 Å². The minimum atomic E-state index is -0.750. The number of rotatable bonds is 4. The monoisotopic (exact) mass is 201 g/mol. The molecule has 80 valence electrons.